The lowest BCUT2D eigenvalue weighted by atomic mass is 10.2. The Labute approximate surface area is 108 Å². The Hall–Kier alpha value is -2.89. The van der Waals surface area contributed by atoms with Gasteiger partial charge in [0.05, 0.1) is 0 Å². The van der Waals surface area contributed by atoms with Gasteiger partial charge >= 0.3 is 0 Å². The second-order valence-electron chi connectivity index (χ2n) is 3.69. The van der Waals surface area contributed by atoms with E-state index >= 15 is 0 Å². The molecular formula is C13H11N3O3. The van der Waals surface area contributed by atoms with Gasteiger partial charge in [0, 0.05) is 11.8 Å². The molecule has 0 aliphatic carbocycles. The number of rotatable bonds is 2. The minimum atomic E-state index is -0.675. The van der Waals surface area contributed by atoms with E-state index in [0.717, 1.165) is 0 Å². The molecule has 6 heteroatoms. The number of benzene rings is 1. The van der Waals surface area contributed by atoms with Gasteiger partial charge in [-0.3, -0.25) is 25.2 Å². The number of pyridine rings is 1. The van der Waals surface area contributed by atoms with Crippen molar-refractivity contribution in [2.45, 2.75) is 0 Å². The Bertz CT molecular complexity index is 649. The Kier molecular flexibility index (Phi) is 3.72. The molecule has 6 nitrogen and oxygen atoms in total. The Morgan fingerprint density at radius 2 is 1.58 bits per heavy atom. The normalized spacial score (nSPS) is 9.68. The standard InChI is InChI=1S/C13H11N3O3/c17-11(9-5-2-1-3-6-9)15-16-13(19)10-7-4-8-14-12(10)18/h1-8H,(H,14,18)(H,15,17)(H,16,19). The van der Waals surface area contributed by atoms with Crippen molar-refractivity contribution in [3.8, 4) is 0 Å². The van der Waals surface area contributed by atoms with E-state index in [1.807, 2.05) is 0 Å². The van der Waals surface area contributed by atoms with Gasteiger partial charge in [0.1, 0.15) is 5.56 Å². The van der Waals surface area contributed by atoms with Crippen LogP contribution in [0.1, 0.15) is 20.7 Å². The Morgan fingerprint density at radius 3 is 2.26 bits per heavy atom. The van der Waals surface area contributed by atoms with E-state index in [9.17, 15) is 14.4 Å². The molecule has 0 atom stereocenters. The minimum Gasteiger partial charge on any atom is -0.328 e. The highest BCUT2D eigenvalue weighted by atomic mass is 16.2. The second kappa shape index (κ2) is 5.63. The van der Waals surface area contributed by atoms with Crippen LogP contribution >= 0.6 is 0 Å². The summed E-state index contributed by atoms with van der Waals surface area (Å²) in [4.78, 5) is 37.0. The fourth-order valence-electron chi connectivity index (χ4n) is 1.44. The first kappa shape index (κ1) is 12.6. The van der Waals surface area contributed by atoms with Crippen LogP contribution in [0.15, 0.2) is 53.5 Å². The van der Waals surface area contributed by atoms with Gasteiger partial charge in [-0.25, -0.2) is 0 Å². The predicted octanol–water partition coefficient (Wildman–Crippen LogP) is 0.450. The number of hydrogen-bond donors (Lipinski definition) is 3. The van der Waals surface area contributed by atoms with E-state index in [4.69, 9.17) is 0 Å². The monoisotopic (exact) mass is 257 g/mol. The van der Waals surface area contributed by atoms with E-state index in [1.165, 1.54) is 18.3 Å². The van der Waals surface area contributed by atoms with Crippen LogP contribution in [0.3, 0.4) is 0 Å². The highest BCUT2D eigenvalue weighted by Gasteiger charge is 2.11. The number of hydrazine groups is 1. The van der Waals surface area contributed by atoms with Crippen LogP contribution in [0, 0.1) is 0 Å². The second-order valence-corrected chi connectivity index (χ2v) is 3.69. The number of carbonyl (C=O) groups excluding carboxylic acids is 2. The quantitative estimate of drug-likeness (QED) is 0.682. The van der Waals surface area contributed by atoms with E-state index in [-0.39, 0.29) is 5.56 Å². The summed E-state index contributed by atoms with van der Waals surface area (Å²) in [6, 6.07) is 11.3. The van der Waals surface area contributed by atoms with E-state index in [0.29, 0.717) is 5.56 Å². The lowest BCUT2D eigenvalue weighted by Gasteiger charge is -2.06. The van der Waals surface area contributed by atoms with Gasteiger partial charge in [-0.05, 0) is 24.3 Å². The van der Waals surface area contributed by atoms with Crippen molar-refractivity contribution in [1.29, 1.82) is 0 Å². The molecule has 0 saturated heterocycles. The van der Waals surface area contributed by atoms with Crippen LogP contribution in [0.4, 0.5) is 0 Å². The topological polar surface area (TPSA) is 91.1 Å². The Balaban J connectivity index is 2.00. The average molecular weight is 257 g/mol. The zero-order chi connectivity index (χ0) is 13.7. The maximum atomic E-state index is 11.7. The van der Waals surface area contributed by atoms with E-state index in [2.05, 4.69) is 15.8 Å². The third-order valence-electron chi connectivity index (χ3n) is 2.39. The zero-order valence-electron chi connectivity index (χ0n) is 9.84. The predicted molar refractivity (Wildman–Crippen MR) is 68.4 cm³/mol. The van der Waals surface area contributed by atoms with Gasteiger partial charge in [0.2, 0.25) is 0 Å². The summed E-state index contributed by atoms with van der Waals surface area (Å²) in [6.07, 6.45) is 1.42. The molecule has 2 aromatic rings. The van der Waals surface area contributed by atoms with Crippen LogP contribution in [0.2, 0.25) is 0 Å². The molecule has 19 heavy (non-hydrogen) atoms. The van der Waals surface area contributed by atoms with Crippen molar-refractivity contribution < 1.29 is 9.59 Å². The Morgan fingerprint density at radius 1 is 0.895 bits per heavy atom. The molecule has 1 aromatic heterocycles. The molecule has 1 aromatic carbocycles. The van der Waals surface area contributed by atoms with Crippen LogP contribution in [0.25, 0.3) is 0 Å². The molecule has 0 radical (unpaired) electrons. The van der Waals surface area contributed by atoms with E-state index in [1.54, 1.807) is 30.3 Å². The molecule has 2 rings (SSSR count). The van der Waals surface area contributed by atoms with Crippen molar-refractivity contribution in [2.75, 3.05) is 0 Å². The SMILES string of the molecule is O=C(NNC(=O)c1ccc[nH]c1=O)c1ccccc1. The molecule has 0 aliphatic rings. The van der Waals surface area contributed by atoms with Gasteiger partial charge in [-0.1, -0.05) is 18.2 Å². The van der Waals surface area contributed by atoms with Crippen LogP contribution in [0.5, 0.6) is 0 Å². The van der Waals surface area contributed by atoms with Crippen molar-refractivity contribution in [2.24, 2.45) is 0 Å². The lowest BCUT2D eigenvalue weighted by Crippen LogP contribution is -2.43. The molecule has 0 spiro atoms. The summed E-state index contributed by atoms with van der Waals surface area (Å²) < 4.78 is 0. The van der Waals surface area contributed by atoms with Crippen LogP contribution in [-0.4, -0.2) is 16.8 Å². The maximum absolute atomic E-state index is 11.7. The largest absolute Gasteiger partial charge is 0.328 e. The number of carbonyl (C=O) groups is 2. The van der Waals surface area contributed by atoms with Crippen LogP contribution < -0.4 is 16.4 Å². The molecule has 0 unspecified atom stereocenters. The molecule has 96 valence electrons. The molecule has 0 aliphatic heterocycles. The van der Waals surface area contributed by atoms with Crippen LogP contribution in [-0.2, 0) is 0 Å². The number of nitrogens with one attached hydrogen (secondary N) is 3. The summed E-state index contributed by atoms with van der Waals surface area (Å²) in [7, 11) is 0. The summed E-state index contributed by atoms with van der Waals surface area (Å²) in [5.74, 6) is -1.13. The highest BCUT2D eigenvalue weighted by molar-refractivity contribution is 5.98. The smallest absolute Gasteiger partial charge is 0.275 e. The minimum absolute atomic E-state index is 0.0733. The summed E-state index contributed by atoms with van der Waals surface area (Å²) in [5, 5.41) is 0. The van der Waals surface area contributed by atoms with Gasteiger partial charge < -0.3 is 4.98 Å². The molecule has 1 heterocycles. The average Bonchev–Trinajstić information content (AvgIpc) is 2.46. The molecule has 0 saturated carbocycles. The molecule has 2 amide bonds. The first-order valence-electron chi connectivity index (χ1n) is 5.52. The number of H-pyrrole nitrogens is 1. The van der Waals surface area contributed by atoms with Gasteiger partial charge in [0.15, 0.2) is 0 Å². The highest BCUT2D eigenvalue weighted by Crippen LogP contribution is 1.97. The number of amides is 2. The number of aromatic amines is 1. The number of aromatic nitrogens is 1. The molecule has 3 N–H and O–H groups in total. The fourth-order valence-corrected chi connectivity index (χ4v) is 1.44. The fraction of sp³-hybridized carbons (Fsp3) is 0. The molecule has 0 fully saturated rings. The first-order valence-corrected chi connectivity index (χ1v) is 5.52. The zero-order valence-corrected chi connectivity index (χ0v) is 9.84. The van der Waals surface area contributed by atoms with E-state index < -0.39 is 17.4 Å². The molecule has 0 bridgehead atoms. The van der Waals surface area contributed by atoms with Gasteiger partial charge in [-0.15, -0.1) is 0 Å². The lowest BCUT2D eigenvalue weighted by molar-refractivity contribution is 0.0846. The molecular weight excluding hydrogens is 246 g/mol. The van der Waals surface area contributed by atoms with Gasteiger partial charge in [0.25, 0.3) is 17.4 Å². The van der Waals surface area contributed by atoms with Crippen molar-refractivity contribution >= 4 is 11.8 Å². The third kappa shape index (κ3) is 3.06. The van der Waals surface area contributed by atoms with Crippen molar-refractivity contribution in [3.05, 3.63) is 70.1 Å². The summed E-state index contributed by atoms with van der Waals surface area (Å²) in [6.45, 7) is 0. The third-order valence-corrected chi connectivity index (χ3v) is 2.39. The number of hydrogen-bond acceptors (Lipinski definition) is 3. The van der Waals surface area contributed by atoms with Crippen molar-refractivity contribution in [3.63, 3.8) is 0 Å². The maximum Gasteiger partial charge on any atom is 0.275 e. The first-order chi connectivity index (χ1) is 9.18. The van der Waals surface area contributed by atoms with Crippen molar-refractivity contribution in [1.82, 2.24) is 15.8 Å². The van der Waals surface area contributed by atoms with Gasteiger partial charge in [-0.2, -0.15) is 0 Å². The summed E-state index contributed by atoms with van der Waals surface area (Å²) >= 11 is 0. The summed E-state index contributed by atoms with van der Waals surface area (Å²) in [5.41, 5.74) is 4.23.